The number of carbonyl (C=O) groups excluding carboxylic acids is 1. The van der Waals surface area contributed by atoms with Gasteiger partial charge in [-0.05, 0) is 69.8 Å². The largest absolute Gasteiger partial charge is 0.390 e. The third-order valence-corrected chi connectivity index (χ3v) is 5.84. The van der Waals surface area contributed by atoms with Gasteiger partial charge in [0.15, 0.2) is 5.11 Å². The summed E-state index contributed by atoms with van der Waals surface area (Å²) in [6.07, 6.45) is -1.76. The van der Waals surface area contributed by atoms with Gasteiger partial charge in [0, 0.05) is 18.8 Å². The number of hydrogen-bond donors (Lipinski definition) is 4. The van der Waals surface area contributed by atoms with Crippen molar-refractivity contribution in [2.24, 2.45) is 5.92 Å². The van der Waals surface area contributed by atoms with Gasteiger partial charge >= 0.3 is 0 Å². The van der Waals surface area contributed by atoms with Crippen LogP contribution in [0, 0.1) is 19.8 Å². The predicted molar refractivity (Wildman–Crippen MR) is 113 cm³/mol. The predicted octanol–water partition coefficient (Wildman–Crippen LogP) is 0.155. The molecule has 1 amide bonds. The number of rotatable bonds is 5. The Kier molecular flexibility index (Phi) is 6.24. The van der Waals surface area contributed by atoms with Gasteiger partial charge in [0.05, 0.1) is 24.1 Å². The number of likely N-dealkylation sites (N-methyl/N-ethyl adjacent to an activating group) is 1. The van der Waals surface area contributed by atoms with Crippen molar-refractivity contribution in [1.29, 1.82) is 0 Å². The summed E-state index contributed by atoms with van der Waals surface area (Å²) in [5.74, 6) is -0.608. The number of aryl methyl sites for hydroxylation is 2. The molecule has 1 saturated heterocycles. The lowest BCUT2D eigenvalue weighted by atomic mass is 9.77. The van der Waals surface area contributed by atoms with E-state index in [9.17, 15) is 15.0 Å². The number of hydrogen-bond acceptors (Lipinski definition) is 5. The first-order valence-electron chi connectivity index (χ1n) is 9.65. The smallest absolute Gasteiger partial charge is 0.225 e. The number of benzene rings is 1. The van der Waals surface area contributed by atoms with Crippen molar-refractivity contribution in [3.63, 3.8) is 0 Å². The van der Waals surface area contributed by atoms with E-state index in [2.05, 4.69) is 16.7 Å². The molecule has 1 aliphatic heterocycles. The number of fused-ring (bicyclic) bond motifs is 1. The van der Waals surface area contributed by atoms with Gasteiger partial charge < -0.3 is 30.6 Å². The zero-order chi connectivity index (χ0) is 20.6. The minimum Gasteiger partial charge on any atom is -0.390 e. The Morgan fingerprint density at radius 1 is 1.29 bits per heavy atom. The molecule has 7 nitrogen and oxygen atoms in total. The van der Waals surface area contributed by atoms with Gasteiger partial charge in [0.25, 0.3) is 0 Å². The maximum atomic E-state index is 13.0. The second-order valence-electron chi connectivity index (χ2n) is 8.18. The second kappa shape index (κ2) is 8.32. The fraction of sp³-hybridized carbons (Fsp3) is 0.600. The number of anilines is 1. The normalized spacial score (nSPS) is 29.6. The van der Waals surface area contributed by atoms with Crippen molar-refractivity contribution >= 4 is 28.9 Å². The summed E-state index contributed by atoms with van der Waals surface area (Å²) < 4.78 is 0. The van der Waals surface area contributed by atoms with Gasteiger partial charge in [-0.15, -0.1) is 0 Å². The first-order valence-corrected chi connectivity index (χ1v) is 10.1. The fourth-order valence-corrected chi connectivity index (χ4v) is 4.63. The van der Waals surface area contributed by atoms with E-state index in [0.717, 1.165) is 23.4 Å². The molecular weight excluding hydrogens is 376 g/mol. The van der Waals surface area contributed by atoms with Crippen molar-refractivity contribution in [2.45, 2.75) is 44.6 Å². The highest BCUT2D eigenvalue weighted by molar-refractivity contribution is 7.80. The van der Waals surface area contributed by atoms with Crippen LogP contribution in [0.4, 0.5) is 5.69 Å². The van der Waals surface area contributed by atoms with Crippen LogP contribution in [0.15, 0.2) is 18.2 Å². The fourth-order valence-electron chi connectivity index (χ4n) is 4.26. The molecule has 1 aromatic carbocycles. The minimum atomic E-state index is -0.982. The summed E-state index contributed by atoms with van der Waals surface area (Å²) >= 11 is 5.56. The lowest BCUT2D eigenvalue weighted by molar-refractivity contribution is -0.131. The van der Waals surface area contributed by atoms with Gasteiger partial charge in [0.2, 0.25) is 5.91 Å². The van der Waals surface area contributed by atoms with Crippen molar-refractivity contribution in [1.82, 2.24) is 15.5 Å². The lowest BCUT2D eigenvalue weighted by Crippen LogP contribution is -2.61. The van der Waals surface area contributed by atoms with E-state index in [1.54, 1.807) is 0 Å². The van der Waals surface area contributed by atoms with Crippen LogP contribution in [0.5, 0.6) is 0 Å². The van der Waals surface area contributed by atoms with Crippen molar-refractivity contribution in [3.8, 4) is 0 Å². The molecule has 3 rings (SSSR count). The Morgan fingerprint density at radius 3 is 2.54 bits per heavy atom. The third kappa shape index (κ3) is 4.15. The Balaban J connectivity index is 1.91. The second-order valence-corrected chi connectivity index (χ2v) is 8.56. The van der Waals surface area contributed by atoms with Crippen LogP contribution in [0.25, 0.3) is 0 Å². The number of aliphatic hydroxyl groups excluding tert-OH is 2. The summed E-state index contributed by atoms with van der Waals surface area (Å²) in [6.45, 7) is 5.30. The number of amides is 1. The molecule has 2 aliphatic rings. The van der Waals surface area contributed by atoms with E-state index in [-0.39, 0.29) is 18.4 Å². The number of carbonyl (C=O) groups is 1. The van der Waals surface area contributed by atoms with E-state index in [1.165, 1.54) is 0 Å². The lowest BCUT2D eigenvalue weighted by Gasteiger charge is -2.41. The van der Waals surface area contributed by atoms with Crippen LogP contribution >= 0.6 is 12.2 Å². The summed E-state index contributed by atoms with van der Waals surface area (Å²) in [5, 5.41) is 27.5. The maximum absolute atomic E-state index is 13.0. The summed E-state index contributed by atoms with van der Waals surface area (Å²) in [7, 11) is 3.90. The average Bonchev–Trinajstić information content (AvgIpc) is 2.94. The SMILES string of the molecule is Cc1cc(C)cc(N2C(=S)NC3C(O)C(O)CC(C(=O)NCCN(C)C)C32)c1. The van der Waals surface area contributed by atoms with Crippen molar-refractivity contribution in [3.05, 3.63) is 29.3 Å². The highest BCUT2D eigenvalue weighted by atomic mass is 32.1. The Morgan fingerprint density at radius 2 is 1.93 bits per heavy atom. The number of nitrogens with one attached hydrogen (secondary N) is 2. The van der Waals surface area contributed by atoms with Gasteiger partial charge in [-0.25, -0.2) is 0 Å². The average molecular weight is 407 g/mol. The number of nitrogens with zero attached hydrogens (tertiary/aromatic N) is 2. The van der Waals surface area contributed by atoms with Crippen molar-refractivity contribution < 1.29 is 15.0 Å². The van der Waals surface area contributed by atoms with Crippen molar-refractivity contribution in [2.75, 3.05) is 32.1 Å². The molecule has 1 heterocycles. The molecule has 8 heteroatoms. The first kappa shape index (κ1) is 21.0. The monoisotopic (exact) mass is 406 g/mol. The number of thiocarbonyl (C=S) groups is 1. The topological polar surface area (TPSA) is 88.1 Å². The quantitative estimate of drug-likeness (QED) is 0.518. The van der Waals surface area contributed by atoms with Crippen LogP contribution in [0.1, 0.15) is 17.5 Å². The molecule has 1 aromatic rings. The highest BCUT2D eigenvalue weighted by Crippen LogP contribution is 2.37. The molecule has 5 unspecified atom stereocenters. The van der Waals surface area contributed by atoms with Gasteiger partial charge in [0.1, 0.15) is 6.10 Å². The molecule has 28 heavy (non-hydrogen) atoms. The maximum Gasteiger partial charge on any atom is 0.225 e. The summed E-state index contributed by atoms with van der Waals surface area (Å²) in [4.78, 5) is 16.9. The van der Waals surface area contributed by atoms with Gasteiger partial charge in [-0.1, -0.05) is 6.07 Å². The third-order valence-electron chi connectivity index (χ3n) is 5.52. The summed E-state index contributed by atoms with van der Waals surface area (Å²) in [6, 6.07) is 5.29. The Bertz CT molecular complexity index is 737. The zero-order valence-electron chi connectivity index (χ0n) is 16.8. The first-order chi connectivity index (χ1) is 13.2. The van der Waals surface area contributed by atoms with Crippen LogP contribution in [-0.2, 0) is 4.79 Å². The molecule has 5 atom stereocenters. The van der Waals surface area contributed by atoms with Crippen LogP contribution in [0.2, 0.25) is 0 Å². The zero-order valence-corrected chi connectivity index (χ0v) is 17.7. The van der Waals surface area contributed by atoms with E-state index < -0.39 is 24.2 Å². The van der Waals surface area contributed by atoms with E-state index in [4.69, 9.17) is 12.2 Å². The molecule has 0 spiro atoms. The molecular formula is C20H30N4O3S. The molecule has 1 aliphatic carbocycles. The highest BCUT2D eigenvalue weighted by Gasteiger charge is 2.53. The molecule has 0 aromatic heterocycles. The standard InChI is InChI=1S/C20H30N4O3S/c1-11-7-12(2)9-13(8-11)24-17-14(19(27)21-5-6-23(3)4)10-15(25)18(26)16(17)22-20(24)28/h7-9,14-18,25-26H,5-6,10H2,1-4H3,(H,21,27)(H,22,28). The van der Waals surface area contributed by atoms with Crippen LogP contribution < -0.4 is 15.5 Å². The van der Waals surface area contributed by atoms with Crippen LogP contribution in [-0.4, -0.2) is 77.6 Å². The Hall–Kier alpha value is -1.74. The molecule has 0 bridgehead atoms. The Labute approximate surface area is 171 Å². The van der Waals surface area contributed by atoms with E-state index >= 15 is 0 Å². The molecule has 4 N–H and O–H groups in total. The van der Waals surface area contributed by atoms with E-state index in [0.29, 0.717) is 11.7 Å². The van der Waals surface area contributed by atoms with Gasteiger partial charge in [-0.2, -0.15) is 0 Å². The van der Waals surface area contributed by atoms with Gasteiger partial charge in [-0.3, -0.25) is 4.79 Å². The van der Waals surface area contributed by atoms with E-state index in [1.807, 2.05) is 49.9 Å². The van der Waals surface area contributed by atoms with Crippen LogP contribution in [0.3, 0.4) is 0 Å². The molecule has 154 valence electrons. The molecule has 1 saturated carbocycles. The molecule has 2 fully saturated rings. The summed E-state index contributed by atoms with van der Waals surface area (Å²) in [5.41, 5.74) is 3.10. The number of aliphatic hydroxyl groups is 2. The molecule has 0 radical (unpaired) electrons. The minimum absolute atomic E-state index is 0.122.